The van der Waals surface area contributed by atoms with Crippen LogP contribution in [0.5, 0.6) is 0 Å². The van der Waals surface area contributed by atoms with Crippen LogP contribution in [0.25, 0.3) is 0 Å². The Balaban J connectivity index is 2.13. The van der Waals surface area contributed by atoms with Crippen molar-refractivity contribution >= 4 is 15.7 Å². The van der Waals surface area contributed by atoms with E-state index in [2.05, 4.69) is 16.9 Å². The predicted octanol–water partition coefficient (Wildman–Crippen LogP) is 2.47. The van der Waals surface area contributed by atoms with Crippen LogP contribution in [0, 0.1) is 5.92 Å². The third-order valence-electron chi connectivity index (χ3n) is 3.70. The zero-order valence-electron chi connectivity index (χ0n) is 11.8. The van der Waals surface area contributed by atoms with E-state index in [4.69, 9.17) is 5.73 Å². The number of nitrogen functional groups attached to an aromatic ring is 1. The summed E-state index contributed by atoms with van der Waals surface area (Å²) in [5.41, 5.74) is 6.99. The summed E-state index contributed by atoms with van der Waals surface area (Å²) >= 11 is 0. The van der Waals surface area contributed by atoms with E-state index in [0.717, 1.165) is 24.8 Å². The van der Waals surface area contributed by atoms with E-state index in [9.17, 15) is 8.42 Å². The lowest BCUT2D eigenvalue weighted by molar-refractivity contribution is 0.468. The SMILES string of the molecule is CCc1ccc(N)cc1S(=O)(=O)NCC1CC=CCC1. The fourth-order valence-electron chi connectivity index (χ4n) is 2.46. The van der Waals surface area contributed by atoms with E-state index < -0.39 is 10.0 Å². The first-order chi connectivity index (χ1) is 9.53. The maximum atomic E-state index is 12.4. The molecule has 20 heavy (non-hydrogen) atoms. The highest BCUT2D eigenvalue weighted by Gasteiger charge is 2.20. The second-order valence-corrected chi connectivity index (χ2v) is 6.96. The van der Waals surface area contributed by atoms with Crippen molar-refractivity contribution in [3.8, 4) is 0 Å². The van der Waals surface area contributed by atoms with Crippen LogP contribution in [0.3, 0.4) is 0 Å². The van der Waals surface area contributed by atoms with Crippen LogP contribution in [0.4, 0.5) is 5.69 Å². The minimum atomic E-state index is -3.48. The Bertz CT molecular complexity index is 594. The number of benzene rings is 1. The highest BCUT2D eigenvalue weighted by atomic mass is 32.2. The second-order valence-electron chi connectivity index (χ2n) is 5.22. The van der Waals surface area contributed by atoms with Gasteiger partial charge in [0.25, 0.3) is 0 Å². The summed E-state index contributed by atoms with van der Waals surface area (Å²) in [5, 5.41) is 0. The number of hydrogen-bond donors (Lipinski definition) is 2. The molecule has 1 unspecified atom stereocenters. The van der Waals surface area contributed by atoms with Gasteiger partial charge in [-0.1, -0.05) is 25.1 Å². The lowest BCUT2D eigenvalue weighted by atomic mass is 9.95. The molecule has 0 fully saturated rings. The van der Waals surface area contributed by atoms with Crippen LogP contribution in [-0.4, -0.2) is 15.0 Å². The largest absolute Gasteiger partial charge is 0.399 e. The Morgan fingerprint density at radius 2 is 2.15 bits per heavy atom. The highest BCUT2D eigenvalue weighted by Crippen LogP contribution is 2.21. The molecule has 3 N–H and O–H groups in total. The number of rotatable bonds is 5. The molecule has 1 aliphatic carbocycles. The van der Waals surface area contributed by atoms with Crippen LogP contribution in [0.1, 0.15) is 31.7 Å². The van der Waals surface area contributed by atoms with Crippen molar-refractivity contribution < 1.29 is 8.42 Å². The van der Waals surface area contributed by atoms with Gasteiger partial charge in [0, 0.05) is 12.2 Å². The van der Waals surface area contributed by atoms with Gasteiger partial charge in [0.15, 0.2) is 0 Å². The minimum Gasteiger partial charge on any atom is -0.399 e. The van der Waals surface area contributed by atoms with Crippen LogP contribution >= 0.6 is 0 Å². The van der Waals surface area contributed by atoms with Gasteiger partial charge in [0.05, 0.1) is 4.90 Å². The minimum absolute atomic E-state index is 0.311. The lowest BCUT2D eigenvalue weighted by Gasteiger charge is -2.19. The molecule has 1 aromatic carbocycles. The standard InChI is InChI=1S/C15H22N2O2S/c1-2-13-8-9-14(16)10-15(13)20(18,19)17-11-12-6-4-3-5-7-12/h3-4,8-10,12,17H,2,5-7,11,16H2,1H3. The molecular formula is C15H22N2O2S. The van der Waals surface area contributed by atoms with Crippen molar-refractivity contribution in [1.82, 2.24) is 4.72 Å². The fourth-order valence-corrected chi connectivity index (χ4v) is 3.92. The molecule has 0 heterocycles. The zero-order valence-corrected chi connectivity index (χ0v) is 12.6. The molecule has 0 amide bonds. The monoisotopic (exact) mass is 294 g/mol. The number of allylic oxidation sites excluding steroid dienone is 2. The highest BCUT2D eigenvalue weighted by molar-refractivity contribution is 7.89. The van der Waals surface area contributed by atoms with Gasteiger partial charge in [-0.25, -0.2) is 13.1 Å². The van der Waals surface area contributed by atoms with E-state index in [1.807, 2.05) is 6.92 Å². The Kier molecular flexibility index (Phi) is 4.83. The van der Waals surface area contributed by atoms with Crippen molar-refractivity contribution in [2.75, 3.05) is 12.3 Å². The van der Waals surface area contributed by atoms with Gasteiger partial charge in [-0.2, -0.15) is 0 Å². The molecule has 1 atom stereocenters. The molecule has 0 saturated heterocycles. The zero-order chi connectivity index (χ0) is 14.6. The first-order valence-corrected chi connectivity index (χ1v) is 8.54. The van der Waals surface area contributed by atoms with Gasteiger partial charge in [-0.15, -0.1) is 0 Å². The maximum Gasteiger partial charge on any atom is 0.240 e. The first-order valence-electron chi connectivity index (χ1n) is 7.06. The summed E-state index contributed by atoms with van der Waals surface area (Å²) in [6.07, 6.45) is 7.96. The maximum absolute atomic E-state index is 12.4. The van der Waals surface area contributed by atoms with Crippen molar-refractivity contribution in [2.24, 2.45) is 5.92 Å². The Morgan fingerprint density at radius 1 is 1.35 bits per heavy atom. The van der Waals surface area contributed by atoms with Gasteiger partial charge < -0.3 is 5.73 Å². The molecule has 0 saturated carbocycles. The summed E-state index contributed by atoms with van der Waals surface area (Å²) in [6.45, 7) is 2.43. The smallest absolute Gasteiger partial charge is 0.240 e. The normalized spacial score (nSPS) is 19.1. The van der Waals surface area contributed by atoms with Gasteiger partial charge in [0.2, 0.25) is 10.0 Å². The van der Waals surface area contributed by atoms with E-state index in [1.165, 1.54) is 0 Å². The van der Waals surface area contributed by atoms with E-state index in [1.54, 1.807) is 18.2 Å². The van der Waals surface area contributed by atoms with E-state index in [0.29, 0.717) is 29.5 Å². The summed E-state index contributed by atoms with van der Waals surface area (Å²) < 4.78 is 27.6. The summed E-state index contributed by atoms with van der Waals surface area (Å²) in [5.74, 6) is 0.390. The Labute approximate surface area is 121 Å². The Morgan fingerprint density at radius 3 is 2.80 bits per heavy atom. The molecular weight excluding hydrogens is 272 g/mol. The first kappa shape index (κ1) is 15.1. The number of nitrogens with one attached hydrogen (secondary N) is 1. The third kappa shape index (κ3) is 3.61. The number of nitrogens with two attached hydrogens (primary N) is 1. The molecule has 4 nitrogen and oxygen atoms in total. The van der Waals surface area contributed by atoms with Gasteiger partial charge in [-0.3, -0.25) is 0 Å². The molecule has 110 valence electrons. The Hall–Kier alpha value is -1.33. The second kappa shape index (κ2) is 6.41. The quantitative estimate of drug-likeness (QED) is 0.647. The van der Waals surface area contributed by atoms with E-state index >= 15 is 0 Å². The molecule has 0 bridgehead atoms. The molecule has 1 aliphatic rings. The van der Waals surface area contributed by atoms with Crippen LogP contribution in [-0.2, 0) is 16.4 Å². The van der Waals surface area contributed by atoms with Crippen LogP contribution in [0.2, 0.25) is 0 Å². The summed E-state index contributed by atoms with van der Waals surface area (Å²) in [4.78, 5) is 0.311. The summed E-state index contributed by atoms with van der Waals surface area (Å²) in [7, 11) is -3.48. The average Bonchev–Trinajstić information content (AvgIpc) is 2.46. The van der Waals surface area contributed by atoms with Gasteiger partial charge in [0.1, 0.15) is 0 Å². The van der Waals surface area contributed by atoms with Crippen LogP contribution in [0.15, 0.2) is 35.2 Å². The van der Waals surface area contributed by atoms with Gasteiger partial charge in [-0.05, 0) is 49.3 Å². The van der Waals surface area contributed by atoms with Crippen molar-refractivity contribution in [2.45, 2.75) is 37.5 Å². The average molecular weight is 294 g/mol. The number of sulfonamides is 1. The van der Waals surface area contributed by atoms with E-state index in [-0.39, 0.29) is 0 Å². The van der Waals surface area contributed by atoms with Crippen molar-refractivity contribution in [1.29, 1.82) is 0 Å². The molecule has 0 aliphatic heterocycles. The van der Waals surface area contributed by atoms with Crippen molar-refractivity contribution in [3.63, 3.8) is 0 Å². The molecule has 0 radical (unpaired) electrons. The molecule has 0 spiro atoms. The molecule has 0 aromatic heterocycles. The molecule has 1 aromatic rings. The predicted molar refractivity (Wildman–Crippen MR) is 81.9 cm³/mol. The van der Waals surface area contributed by atoms with Crippen molar-refractivity contribution in [3.05, 3.63) is 35.9 Å². The fraction of sp³-hybridized carbons (Fsp3) is 0.467. The number of hydrogen-bond acceptors (Lipinski definition) is 3. The molecule has 5 heteroatoms. The number of aryl methyl sites for hydroxylation is 1. The molecule has 2 rings (SSSR count). The van der Waals surface area contributed by atoms with Gasteiger partial charge >= 0.3 is 0 Å². The van der Waals surface area contributed by atoms with Crippen LogP contribution < -0.4 is 10.5 Å². The summed E-state index contributed by atoms with van der Waals surface area (Å²) in [6, 6.07) is 5.07. The number of anilines is 1. The lowest BCUT2D eigenvalue weighted by Crippen LogP contribution is -2.30. The topological polar surface area (TPSA) is 72.2 Å². The third-order valence-corrected chi connectivity index (χ3v) is 5.21.